The number of hydrogen-bond acceptors (Lipinski definition) is 6. The average molecular weight is 869 g/mol. The van der Waals surface area contributed by atoms with Crippen LogP contribution in [-0.2, 0) is 11.8 Å². The number of aromatic nitrogens is 1. The molecular weight excluding hydrogens is 803 g/mol. The molecule has 4 aliphatic rings. The number of nitrogens with one attached hydrogen (secondary N) is 1. The van der Waals surface area contributed by atoms with E-state index in [-0.39, 0.29) is 53.9 Å². The maximum atomic E-state index is 9.40. The smallest absolute Gasteiger partial charge is 0.119 e. The third-order valence-corrected chi connectivity index (χ3v) is 12.3. The SMILES string of the molecule is Br.CN[C@@H](c1ccccc1)[C@H](C)O.COc1ccc2c(c1)[C@]13CCCC[C@@H]1[C@H](C2)N(C)CC3.Cc1ccc(/C(=C\CN2CCCC2)c2ccccn2)cc1.Cl.Cl. The molecule has 2 aliphatic carbocycles. The normalized spacial score (nSPS) is 22.4. The number of aliphatic hydroxyl groups is 1. The van der Waals surface area contributed by atoms with Crippen LogP contribution < -0.4 is 10.1 Å². The van der Waals surface area contributed by atoms with Crippen LogP contribution in [0.25, 0.3) is 5.57 Å². The predicted molar refractivity (Wildman–Crippen MR) is 244 cm³/mol. The van der Waals surface area contributed by atoms with Crippen LogP contribution in [0.2, 0.25) is 0 Å². The maximum absolute atomic E-state index is 9.40. The minimum Gasteiger partial charge on any atom is -0.497 e. The van der Waals surface area contributed by atoms with Gasteiger partial charge in [0.2, 0.25) is 0 Å². The Hall–Kier alpha value is -2.75. The number of likely N-dealkylation sites (N-methyl/N-ethyl adjacent to an activating group) is 2. The fourth-order valence-electron chi connectivity index (χ4n) is 9.46. The van der Waals surface area contributed by atoms with Crippen LogP contribution in [0.5, 0.6) is 5.75 Å². The molecule has 9 heteroatoms. The molecule has 3 heterocycles. The van der Waals surface area contributed by atoms with Crippen LogP contribution in [0.3, 0.4) is 0 Å². The van der Waals surface area contributed by atoms with Crippen molar-refractivity contribution in [3.8, 4) is 5.75 Å². The quantitative estimate of drug-likeness (QED) is 0.184. The van der Waals surface area contributed by atoms with Crippen LogP contribution in [0.4, 0.5) is 0 Å². The molecule has 0 amide bonds. The van der Waals surface area contributed by atoms with E-state index in [9.17, 15) is 5.11 Å². The number of methoxy groups -OCH3 is 1. The third kappa shape index (κ3) is 11.5. The molecule has 2 aliphatic heterocycles. The number of aliphatic hydroxyl groups excluding tert-OH is 1. The van der Waals surface area contributed by atoms with Gasteiger partial charge >= 0.3 is 0 Å². The fourth-order valence-corrected chi connectivity index (χ4v) is 9.46. The molecule has 1 aromatic heterocycles. The zero-order valence-corrected chi connectivity index (χ0v) is 37.4. The number of rotatable bonds is 8. The summed E-state index contributed by atoms with van der Waals surface area (Å²) in [6.07, 6.45) is 14.7. The van der Waals surface area contributed by atoms with E-state index in [2.05, 4.69) is 94.7 Å². The van der Waals surface area contributed by atoms with Gasteiger partial charge in [0.25, 0.3) is 0 Å². The second-order valence-corrected chi connectivity index (χ2v) is 15.7. The summed E-state index contributed by atoms with van der Waals surface area (Å²) in [5, 5.41) is 12.5. The zero-order valence-electron chi connectivity index (χ0n) is 34.0. The maximum Gasteiger partial charge on any atom is 0.119 e. The lowest BCUT2D eigenvalue weighted by Gasteiger charge is -2.58. The molecule has 4 aromatic rings. The van der Waals surface area contributed by atoms with Crippen molar-refractivity contribution in [2.24, 2.45) is 5.92 Å². The first-order valence-electron chi connectivity index (χ1n) is 20.0. The van der Waals surface area contributed by atoms with Crippen molar-refractivity contribution in [3.05, 3.63) is 137 Å². The molecular formula is C47H65BrCl2N4O2. The van der Waals surface area contributed by atoms with Gasteiger partial charge in [-0.3, -0.25) is 9.88 Å². The lowest BCUT2D eigenvalue weighted by atomic mass is 9.52. The molecule has 3 aromatic carbocycles. The predicted octanol–water partition coefficient (Wildman–Crippen LogP) is 10.1. The highest BCUT2D eigenvalue weighted by atomic mass is 79.9. The highest BCUT2D eigenvalue weighted by molar-refractivity contribution is 8.93. The monoisotopic (exact) mass is 866 g/mol. The van der Waals surface area contributed by atoms with Gasteiger partial charge in [-0.15, -0.1) is 41.8 Å². The Kier molecular flexibility index (Phi) is 19.6. The fraction of sp³-hybridized carbons (Fsp3) is 0.468. The lowest BCUT2D eigenvalue weighted by molar-refractivity contribution is 0.00274. The Labute approximate surface area is 360 Å². The summed E-state index contributed by atoms with van der Waals surface area (Å²) in [5.41, 5.74) is 9.62. The van der Waals surface area contributed by atoms with Gasteiger partial charge < -0.3 is 20.1 Å². The van der Waals surface area contributed by atoms with Crippen LogP contribution in [-0.4, -0.2) is 79.4 Å². The Morgan fingerprint density at radius 1 is 0.929 bits per heavy atom. The number of nitrogens with zero attached hydrogens (tertiary/aromatic N) is 3. The van der Waals surface area contributed by atoms with Crippen molar-refractivity contribution in [2.45, 2.75) is 88.8 Å². The van der Waals surface area contributed by atoms with Gasteiger partial charge in [-0.05, 0) is 139 Å². The topological polar surface area (TPSA) is 60.9 Å². The number of piperidine rings is 1. The summed E-state index contributed by atoms with van der Waals surface area (Å²) >= 11 is 0. The van der Waals surface area contributed by atoms with Crippen molar-refractivity contribution in [1.29, 1.82) is 0 Å². The first kappa shape index (κ1) is 47.6. The molecule has 3 fully saturated rings. The molecule has 2 saturated heterocycles. The summed E-state index contributed by atoms with van der Waals surface area (Å²) in [4.78, 5) is 9.67. The van der Waals surface area contributed by atoms with Gasteiger partial charge in [0, 0.05) is 29.8 Å². The number of halogens is 3. The number of likely N-dealkylation sites (tertiary alicyclic amines) is 2. The Morgan fingerprint density at radius 2 is 1.64 bits per heavy atom. The average Bonchev–Trinajstić information content (AvgIpc) is 3.72. The van der Waals surface area contributed by atoms with Crippen LogP contribution in [0.1, 0.15) is 91.4 Å². The highest BCUT2D eigenvalue weighted by Gasteiger charge is 2.53. The second kappa shape index (κ2) is 23.0. The van der Waals surface area contributed by atoms with E-state index >= 15 is 0 Å². The van der Waals surface area contributed by atoms with E-state index in [1.165, 1.54) is 87.7 Å². The van der Waals surface area contributed by atoms with E-state index in [0.29, 0.717) is 5.41 Å². The van der Waals surface area contributed by atoms with E-state index in [4.69, 9.17) is 4.74 Å². The van der Waals surface area contributed by atoms with E-state index in [0.717, 1.165) is 35.5 Å². The number of hydrogen-bond donors (Lipinski definition) is 2. The summed E-state index contributed by atoms with van der Waals surface area (Å²) < 4.78 is 5.51. The van der Waals surface area contributed by atoms with Crippen molar-refractivity contribution in [2.75, 3.05) is 47.4 Å². The largest absolute Gasteiger partial charge is 0.497 e. The first-order chi connectivity index (χ1) is 25.8. The minimum absolute atomic E-state index is 0. The summed E-state index contributed by atoms with van der Waals surface area (Å²) in [6, 6.07) is 32.4. The third-order valence-electron chi connectivity index (χ3n) is 12.3. The van der Waals surface area contributed by atoms with E-state index in [1.54, 1.807) is 25.2 Å². The molecule has 0 spiro atoms. The van der Waals surface area contributed by atoms with Crippen LogP contribution >= 0.6 is 41.8 Å². The lowest BCUT2D eigenvalue weighted by Crippen LogP contribution is -2.59. The molecule has 0 radical (unpaired) electrons. The molecule has 306 valence electrons. The van der Waals surface area contributed by atoms with Gasteiger partial charge in [-0.25, -0.2) is 0 Å². The van der Waals surface area contributed by atoms with Crippen LogP contribution in [0.15, 0.2) is 103 Å². The van der Waals surface area contributed by atoms with Gasteiger partial charge in [0.1, 0.15) is 5.75 Å². The summed E-state index contributed by atoms with van der Waals surface area (Å²) in [5.74, 6) is 1.91. The standard InChI is InChI=1S/C19H22N2.C18H25NO.C10H15NO.BrH.2ClH/c1-16-7-9-17(10-8-16)18(19-6-2-3-12-20-19)11-15-21-13-4-5-14-21;1-19-10-9-18-8-4-3-5-15(18)17(19)11-13-6-7-14(20-2)12-16(13)18;1-8(12)10(11-2)9-6-4-3-5-7-9;;;/h2-3,6-12H,4-5,13-15H2,1H3;6-7,12,15,17H,3-5,8-11H2,1-2H3;3-8,10-12H,1-2H3;3*1H/b18-11+;;;;;/t;15-,17+,18+;8-,10+;;;/m.10.../s1. The molecule has 0 unspecified atom stereocenters. The number of pyridine rings is 1. The molecule has 56 heavy (non-hydrogen) atoms. The van der Waals surface area contributed by atoms with Crippen molar-refractivity contribution < 1.29 is 9.84 Å². The Balaban J connectivity index is 0.000000227. The molecule has 6 nitrogen and oxygen atoms in total. The Morgan fingerprint density at radius 3 is 2.29 bits per heavy atom. The summed E-state index contributed by atoms with van der Waals surface area (Å²) in [7, 11) is 5.97. The second-order valence-electron chi connectivity index (χ2n) is 15.7. The van der Waals surface area contributed by atoms with Crippen molar-refractivity contribution in [1.82, 2.24) is 20.1 Å². The van der Waals surface area contributed by atoms with Gasteiger partial charge in [-0.2, -0.15) is 0 Å². The van der Waals surface area contributed by atoms with E-state index in [1.807, 2.05) is 49.6 Å². The highest BCUT2D eigenvalue weighted by Crippen LogP contribution is 2.55. The van der Waals surface area contributed by atoms with Crippen molar-refractivity contribution >= 4 is 47.4 Å². The number of ether oxygens (including phenoxy) is 1. The van der Waals surface area contributed by atoms with Crippen LogP contribution in [0, 0.1) is 12.8 Å². The molecule has 1 saturated carbocycles. The summed E-state index contributed by atoms with van der Waals surface area (Å²) in [6.45, 7) is 8.63. The molecule has 2 bridgehead atoms. The minimum atomic E-state index is -0.364. The number of aryl methyl sites for hydroxylation is 1. The van der Waals surface area contributed by atoms with Gasteiger partial charge in [0.15, 0.2) is 0 Å². The molecule has 5 atom stereocenters. The number of benzene rings is 3. The zero-order chi connectivity index (χ0) is 37.2. The number of fused-ring (bicyclic) bond motifs is 1. The molecule has 2 N–H and O–H groups in total. The molecule has 8 rings (SSSR count). The van der Waals surface area contributed by atoms with Gasteiger partial charge in [-0.1, -0.05) is 91.2 Å². The van der Waals surface area contributed by atoms with Gasteiger partial charge in [0.05, 0.1) is 24.9 Å². The van der Waals surface area contributed by atoms with E-state index < -0.39 is 0 Å². The van der Waals surface area contributed by atoms with Crippen molar-refractivity contribution in [3.63, 3.8) is 0 Å². The Bertz CT molecular complexity index is 1760. The first-order valence-corrected chi connectivity index (χ1v) is 20.0.